The molecule has 90 valence electrons. The molecular weight excluding hydrogens is 222 g/mol. The molecule has 18 heavy (non-hydrogen) atoms. The average molecular weight is 237 g/mol. The predicted molar refractivity (Wildman–Crippen MR) is 70.7 cm³/mol. The van der Waals surface area contributed by atoms with Crippen LogP contribution in [0, 0.1) is 18.3 Å². The number of rotatable bonds is 4. The average Bonchev–Trinajstić information content (AvgIpc) is 2.41. The molecule has 1 aromatic carbocycles. The van der Waals surface area contributed by atoms with Crippen LogP contribution in [0.2, 0.25) is 0 Å². The molecule has 0 aliphatic heterocycles. The summed E-state index contributed by atoms with van der Waals surface area (Å²) in [5, 5.41) is 12.2. The van der Waals surface area contributed by atoms with Gasteiger partial charge >= 0.3 is 0 Å². The molecular formula is C15H15N3. The standard InChI is InChI=1S/C15H15N3/c1-12-4-3-7-18-15(12)11-17-10-14-6-2-5-13(8-14)9-16/h2-8,17H,10-11H2,1H3. The Kier molecular flexibility index (Phi) is 4.06. The third kappa shape index (κ3) is 3.16. The number of hydrogen-bond acceptors (Lipinski definition) is 3. The zero-order valence-corrected chi connectivity index (χ0v) is 10.4. The smallest absolute Gasteiger partial charge is 0.0991 e. The molecule has 0 unspecified atom stereocenters. The molecule has 0 saturated heterocycles. The third-order valence-electron chi connectivity index (χ3n) is 2.80. The number of nitriles is 1. The summed E-state index contributed by atoms with van der Waals surface area (Å²) in [7, 11) is 0. The molecule has 0 bridgehead atoms. The number of aryl methyl sites for hydroxylation is 1. The lowest BCUT2D eigenvalue weighted by Crippen LogP contribution is -2.14. The largest absolute Gasteiger partial charge is 0.307 e. The number of nitrogens with one attached hydrogen (secondary N) is 1. The van der Waals surface area contributed by atoms with Crippen LogP contribution in [0.4, 0.5) is 0 Å². The van der Waals surface area contributed by atoms with Crippen LogP contribution in [0.15, 0.2) is 42.6 Å². The molecule has 3 nitrogen and oxygen atoms in total. The molecule has 2 rings (SSSR count). The second kappa shape index (κ2) is 5.95. The molecule has 1 N–H and O–H groups in total. The normalized spacial score (nSPS) is 10.0. The van der Waals surface area contributed by atoms with Gasteiger partial charge in [0, 0.05) is 19.3 Å². The van der Waals surface area contributed by atoms with E-state index in [1.807, 2.05) is 30.3 Å². The van der Waals surface area contributed by atoms with Gasteiger partial charge in [0.25, 0.3) is 0 Å². The summed E-state index contributed by atoms with van der Waals surface area (Å²) in [5.74, 6) is 0. The highest BCUT2D eigenvalue weighted by molar-refractivity contribution is 5.32. The van der Waals surface area contributed by atoms with Gasteiger partial charge in [-0.1, -0.05) is 18.2 Å². The van der Waals surface area contributed by atoms with E-state index in [9.17, 15) is 0 Å². The molecule has 3 heteroatoms. The lowest BCUT2D eigenvalue weighted by molar-refractivity contribution is 0.676. The Morgan fingerprint density at radius 2 is 2.11 bits per heavy atom. The molecule has 0 saturated carbocycles. The fourth-order valence-corrected chi connectivity index (χ4v) is 1.78. The number of nitrogens with zero attached hydrogens (tertiary/aromatic N) is 2. The highest BCUT2D eigenvalue weighted by atomic mass is 14.9. The summed E-state index contributed by atoms with van der Waals surface area (Å²) >= 11 is 0. The fraction of sp³-hybridized carbons (Fsp3) is 0.200. The third-order valence-corrected chi connectivity index (χ3v) is 2.80. The van der Waals surface area contributed by atoms with Gasteiger partial charge in [0.2, 0.25) is 0 Å². The molecule has 1 aromatic heterocycles. The van der Waals surface area contributed by atoms with E-state index in [0.717, 1.165) is 24.3 Å². The van der Waals surface area contributed by atoms with Crippen molar-refractivity contribution in [2.75, 3.05) is 0 Å². The van der Waals surface area contributed by atoms with Gasteiger partial charge in [-0.25, -0.2) is 0 Å². The van der Waals surface area contributed by atoms with Crippen molar-refractivity contribution in [3.8, 4) is 6.07 Å². The van der Waals surface area contributed by atoms with Gasteiger partial charge in [-0.05, 0) is 36.2 Å². The van der Waals surface area contributed by atoms with Gasteiger partial charge in [0.05, 0.1) is 17.3 Å². The predicted octanol–water partition coefficient (Wildman–Crippen LogP) is 2.55. The van der Waals surface area contributed by atoms with Crippen LogP contribution < -0.4 is 5.32 Å². The maximum Gasteiger partial charge on any atom is 0.0991 e. The van der Waals surface area contributed by atoms with Crippen molar-refractivity contribution in [3.63, 3.8) is 0 Å². The van der Waals surface area contributed by atoms with Crippen LogP contribution in [0.3, 0.4) is 0 Å². The maximum absolute atomic E-state index is 8.82. The minimum atomic E-state index is 0.698. The molecule has 0 atom stereocenters. The Bertz CT molecular complexity index is 570. The Morgan fingerprint density at radius 1 is 1.22 bits per heavy atom. The Hall–Kier alpha value is -2.18. The highest BCUT2D eigenvalue weighted by Gasteiger charge is 1.99. The highest BCUT2D eigenvalue weighted by Crippen LogP contribution is 2.05. The summed E-state index contributed by atoms with van der Waals surface area (Å²) in [5.41, 5.74) is 4.07. The second-order valence-electron chi connectivity index (χ2n) is 4.18. The number of aromatic nitrogens is 1. The van der Waals surface area contributed by atoms with E-state index in [2.05, 4.69) is 29.4 Å². The monoisotopic (exact) mass is 237 g/mol. The van der Waals surface area contributed by atoms with E-state index < -0.39 is 0 Å². The Morgan fingerprint density at radius 3 is 2.89 bits per heavy atom. The van der Waals surface area contributed by atoms with Gasteiger partial charge in [0.1, 0.15) is 0 Å². The molecule has 0 fully saturated rings. The summed E-state index contributed by atoms with van der Waals surface area (Å²) in [6.07, 6.45) is 1.81. The van der Waals surface area contributed by atoms with Crippen LogP contribution in [0.5, 0.6) is 0 Å². The van der Waals surface area contributed by atoms with E-state index in [1.165, 1.54) is 5.56 Å². The summed E-state index contributed by atoms with van der Waals surface area (Å²) < 4.78 is 0. The summed E-state index contributed by atoms with van der Waals surface area (Å²) in [6, 6.07) is 13.8. The van der Waals surface area contributed by atoms with Crippen LogP contribution in [0.25, 0.3) is 0 Å². The van der Waals surface area contributed by atoms with Crippen molar-refractivity contribution in [2.24, 2.45) is 0 Å². The van der Waals surface area contributed by atoms with Gasteiger partial charge in [-0.2, -0.15) is 5.26 Å². The van der Waals surface area contributed by atoms with Crippen LogP contribution in [-0.2, 0) is 13.1 Å². The number of benzene rings is 1. The van der Waals surface area contributed by atoms with E-state index >= 15 is 0 Å². The first-order valence-electron chi connectivity index (χ1n) is 5.90. The van der Waals surface area contributed by atoms with Gasteiger partial charge in [-0.15, -0.1) is 0 Å². The van der Waals surface area contributed by atoms with Crippen molar-refractivity contribution in [1.82, 2.24) is 10.3 Å². The van der Waals surface area contributed by atoms with Crippen molar-refractivity contribution in [2.45, 2.75) is 20.0 Å². The van der Waals surface area contributed by atoms with Crippen molar-refractivity contribution in [3.05, 3.63) is 65.0 Å². The lowest BCUT2D eigenvalue weighted by atomic mass is 10.1. The molecule has 0 radical (unpaired) electrons. The number of hydrogen-bond donors (Lipinski definition) is 1. The molecule has 0 amide bonds. The van der Waals surface area contributed by atoms with E-state index in [-0.39, 0.29) is 0 Å². The van der Waals surface area contributed by atoms with E-state index in [4.69, 9.17) is 5.26 Å². The van der Waals surface area contributed by atoms with E-state index in [1.54, 1.807) is 6.20 Å². The Balaban J connectivity index is 1.93. The van der Waals surface area contributed by atoms with Gasteiger partial charge in [0.15, 0.2) is 0 Å². The first-order valence-corrected chi connectivity index (χ1v) is 5.90. The Labute approximate surface area is 107 Å². The molecule has 0 aliphatic carbocycles. The second-order valence-corrected chi connectivity index (χ2v) is 4.18. The van der Waals surface area contributed by atoms with Crippen LogP contribution in [0.1, 0.15) is 22.4 Å². The summed E-state index contributed by atoms with van der Waals surface area (Å²) in [4.78, 5) is 4.33. The zero-order chi connectivity index (χ0) is 12.8. The fourth-order valence-electron chi connectivity index (χ4n) is 1.78. The molecule has 2 aromatic rings. The SMILES string of the molecule is Cc1cccnc1CNCc1cccc(C#N)c1. The molecule has 1 heterocycles. The molecule has 0 aliphatic rings. The van der Waals surface area contributed by atoms with Crippen molar-refractivity contribution in [1.29, 1.82) is 5.26 Å². The minimum absolute atomic E-state index is 0.698. The topological polar surface area (TPSA) is 48.7 Å². The van der Waals surface area contributed by atoms with Crippen LogP contribution in [-0.4, -0.2) is 4.98 Å². The lowest BCUT2D eigenvalue weighted by Gasteiger charge is -2.06. The first kappa shape index (κ1) is 12.3. The van der Waals surface area contributed by atoms with E-state index in [0.29, 0.717) is 5.56 Å². The first-order chi connectivity index (χ1) is 8.79. The van der Waals surface area contributed by atoms with Crippen LogP contribution >= 0.6 is 0 Å². The van der Waals surface area contributed by atoms with Crippen molar-refractivity contribution >= 4 is 0 Å². The van der Waals surface area contributed by atoms with Crippen molar-refractivity contribution < 1.29 is 0 Å². The molecule has 0 spiro atoms. The van der Waals surface area contributed by atoms with Gasteiger partial charge < -0.3 is 5.32 Å². The van der Waals surface area contributed by atoms with Gasteiger partial charge in [-0.3, -0.25) is 4.98 Å². The summed E-state index contributed by atoms with van der Waals surface area (Å²) in [6.45, 7) is 3.54. The minimum Gasteiger partial charge on any atom is -0.307 e. The quantitative estimate of drug-likeness (QED) is 0.889. The number of pyridine rings is 1. The zero-order valence-electron chi connectivity index (χ0n) is 10.4. The maximum atomic E-state index is 8.82.